The summed E-state index contributed by atoms with van der Waals surface area (Å²) < 4.78 is 12.9. The number of fused-ring (bicyclic) bond motifs is 1. The van der Waals surface area contributed by atoms with Crippen molar-refractivity contribution in [3.05, 3.63) is 66.7 Å². The molecule has 3 aromatic rings. The van der Waals surface area contributed by atoms with Crippen LogP contribution in [0, 0.1) is 10.1 Å². The van der Waals surface area contributed by atoms with Crippen LogP contribution in [-0.2, 0) is 0 Å². The number of hydrogen-bond donors (Lipinski definition) is 0. The molecule has 0 amide bonds. The molecule has 2 aromatic carbocycles. The van der Waals surface area contributed by atoms with E-state index in [2.05, 4.69) is 21.0 Å². The topological polar surface area (TPSA) is 109 Å². The highest BCUT2D eigenvalue weighted by molar-refractivity contribution is 9.10. The zero-order chi connectivity index (χ0) is 24.2. The first-order valence-electron chi connectivity index (χ1n) is 11.2. The van der Waals surface area contributed by atoms with Gasteiger partial charge in [0.1, 0.15) is 5.82 Å². The molecule has 1 saturated carbocycles. The standard InChI is InChI=1S/C24H25BrN4O5/c1-3-34-21-12-15(11-20(29(31)32)22(21)33-2)14-26-28-23(16-7-5-4-6-8-16)27-19-10-9-17(25)13-18(19)24(28)30/h9-14,16H,3-8H2,1-2H3. The van der Waals surface area contributed by atoms with Crippen molar-refractivity contribution in [2.45, 2.75) is 44.9 Å². The molecule has 1 aromatic heterocycles. The highest BCUT2D eigenvalue weighted by atomic mass is 79.9. The fraction of sp³-hybridized carbons (Fsp3) is 0.375. The molecule has 1 fully saturated rings. The van der Waals surface area contributed by atoms with Gasteiger partial charge in [0.25, 0.3) is 5.56 Å². The largest absolute Gasteiger partial charge is 0.490 e. The van der Waals surface area contributed by atoms with Crippen LogP contribution in [0.1, 0.15) is 56.3 Å². The summed E-state index contributed by atoms with van der Waals surface area (Å²) in [4.78, 5) is 29.3. The highest BCUT2D eigenvalue weighted by Gasteiger charge is 2.24. The van der Waals surface area contributed by atoms with Gasteiger partial charge in [-0.2, -0.15) is 9.78 Å². The van der Waals surface area contributed by atoms with E-state index in [1.165, 1.54) is 30.5 Å². The summed E-state index contributed by atoms with van der Waals surface area (Å²) in [5.41, 5.74) is 0.511. The molecule has 9 nitrogen and oxygen atoms in total. The van der Waals surface area contributed by atoms with Crippen LogP contribution < -0.4 is 15.0 Å². The Bertz CT molecular complexity index is 1310. The van der Waals surface area contributed by atoms with E-state index in [1.807, 2.05) is 12.1 Å². The van der Waals surface area contributed by atoms with Gasteiger partial charge in [-0.1, -0.05) is 35.2 Å². The smallest absolute Gasteiger partial charge is 0.315 e. The molecule has 1 aliphatic rings. The van der Waals surface area contributed by atoms with Crippen molar-refractivity contribution < 1.29 is 14.4 Å². The van der Waals surface area contributed by atoms with Crippen LogP contribution in [-0.4, -0.2) is 34.5 Å². The molecule has 10 heteroatoms. The Morgan fingerprint density at radius 2 is 2.03 bits per heavy atom. The fourth-order valence-electron chi connectivity index (χ4n) is 4.31. The Kier molecular flexibility index (Phi) is 7.26. The Balaban J connectivity index is 1.86. The number of nitro groups is 1. The van der Waals surface area contributed by atoms with E-state index >= 15 is 0 Å². The Morgan fingerprint density at radius 3 is 2.71 bits per heavy atom. The first-order chi connectivity index (χ1) is 16.4. The normalized spacial score (nSPS) is 14.6. The van der Waals surface area contributed by atoms with Gasteiger partial charge in [0, 0.05) is 22.0 Å². The van der Waals surface area contributed by atoms with Crippen LogP contribution in [0.3, 0.4) is 0 Å². The van der Waals surface area contributed by atoms with E-state index in [0.717, 1.165) is 30.2 Å². The minimum absolute atomic E-state index is 0.0429. The average Bonchev–Trinajstić information content (AvgIpc) is 2.84. The molecular formula is C24H25BrN4O5. The molecule has 0 spiro atoms. The van der Waals surface area contributed by atoms with Crippen LogP contribution in [0.15, 0.2) is 44.7 Å². The van der Waals surface area contributed by atoms with Gasteiger partial charge in [0.15, 0.2) is 5.75 Å². The summed E-state index contributed by atoms with van der Waals surface area (Å²) in [6.07, 6.45) is 6.61. The molecule has 0 radical (unpaired) electrons. The quantitative estimate of drug-likeness (QED) is 0.230. The number of ether oxygens (including phenoxy) is 2. The van der Waals surface area contributed by atoms with Gasteiger partial charge < -0.3 is 9.47 Å². The zero-order valence-electron chi connectivity index (χ0n) is 19.0. The molecule has 0 unspecified atom stereocenters. The van der Waals surface area contributed by atoms with E-state index in [1.54, 1.807) is 19.1 Å². The number of hydrogen-bond acceptors (Lipinski definition) is 7. The minimum Gasteiger partial charge on any atom is -0.490 e. The average molecular weight is 529 g/mol. The minimum atomic E-state index is -0.534. The summed E-state index contributed by atoms with van der Waals surface area (Å²) in [6, 6.07) is 8.37. The Morgan fingerprint density at radius 1 is 1.26 bits per heavy atom. The first kappa shape index (κ1) is 23.9. The molecule has 0 N–H and O–H groups in total. The molecule has 0 aliphatic heterocycles. The van der Waals surface area contributed by atoms with Gasteiger partial charge in [-0.15, -0.1) is 0 Å². The predicted octanol–water partition coefficient (Wildman–Crippen LogP) is 5.40. The lowest BCUT2D eigenvalue weighted by Gasteiger charge is -2.22. The Hall–Kier alpha value is -3.27. The third-order valence-electron chi connectivity index (χ3n) is 5.88. The van der Waals surface area contributed by atoms with Crippen molar-refractivity contribution in [1.29, 1.82) is 0 Å². The fourth-order valence-corrected chi connectivity index (χ4v) is 4.67. The maximum Gasteiger partial charge on any atom is 0.315 e. The number of nitrogens with zero attached hydrogens (tertiary/aromatic N) is 4. The number of nitro benzene ring substituents is 1. The number of benzene rings is 2. The highest BCUT2D eigenvalue weighted by Crippen LogP contribution is 2.38. The third kappa shape index (κ3) is 4.82. The number of halogens is 1. The molecule has 0 atom stereocenters. The van der Waals surface area contributed by atoms with E-state index in [4.69, 9.17) is 14.5 Å². The number of rotatable bonds is 7. The molecular weight excluding hydrogens is 504 g/mol. The maximum atomic E-state index is 13.4. The van der Waals surface area contributed by atoms with Gasteiger partial charge in [-0.05, 0) is 44.0 Å². The number of aromatic nitrogens is 2. The summed E-state index contributed by atoms with van der Waals surface area (Å²) in [5.74, 6) is 1.02. The van der Waals surface area contributed by atoms with Crippen molar-refractivity contribution >= 4 is 38.7 Å². The van der Waals surface area contributed by atoms with Gasteiger partial charge >= 0.3 is 5.69 Å². The predicted molar refractivity (Wildman–Crippen MR) is 133 cm³/mol. The molecule has 178 valence electrons. The molecule has 0 saturated heterocycles. The summed E-state index contributed by atoms with van der Waals surface area (Å²) in [7, 11) is 1.35. The molecule has 4 rings (SSSR count). The Labute approximate surface area is 204 Å². The second-order valence-electron chi connectivity index (χ2n) is 8.09. The van der Waals surface area contributed by atoms with Crippen LogP contribution in [0.5, 0.6) is 11.5 Å². The second kappa shape index (κ2) is 10.3. The van der Waals surface area contributed by atoms with E-state index in [9.17, 15) is 14.9 Å². The summed E-state index contributed by atoms with van der Waals surface area (Å²) >= 11 is 3.42. The van der Waals surface area contributed by atoms with Crippen molar-refractivity contribution in [3.8, 4) is 11.5 Å². The summed E-state index contributed by atoms with van der Waals surface area (Å²) in [6.45, 7) is 2.09. The van der Waals surface area contributed by atoms with E-state index in [-0.39, 0.29) is 28.7 Å². The van der Waals surface area contributed by atoms with Gasteiger partial charge in [0.05, 0.1) is 35.8 Å². The summed E-state index contributed by atoms with van der Waals surface area (Å²) in [5, 5.41) is 16.5. The van der Waals surface area contributed by atoms with Crippen molar-refractivity contribution in [2.75, 3.05) is 13.7 Å². The van der Waals surface area contributed by atoms with Crippen LogP contribution in [0.25, 0.3) is 10.9 Å². The molecule has 1 heterocycles. The van der Waals surface area contributed by atoms with Crippen molar-refractivity contribution in [1.82, 2.24) is 9.66 Å². The van der Waals surface area contributed by atoms with E-state index in [0.29, 0.717) is 28.9 Å². The molecule has 34 heavy (non-hydrogen) atoms. The van der Waals surface area contributed by atoms with Gasteiger partial charge in [-0.3, -0.25) is 14.9 Å². The molecule has 1 aliphatic carbocycles. The lowest BCUT2D eigenvalue weighted by Crippen LogP contribution is -2.25. The maximum absolute atomic E-state index is 13.4. The monoisotopic (exact) mass is 528 g/mol. The zero-order valence-corrected chi connectivity index (χ0v) is 20.6. The first-order valence-corrected chi connectivity index (χ1v) is 12.0. The lowest BCUT2D eigenvalue weighted by atomic mass is 9.88. The van der Waals surface area contributed by atoms with Crippen LogP contribution in [0.4, 0.5) is 5.69 Å². The van der Waals surface area contributed by atoms with Gasteiger partial charge in [0.2, 0.25) is 5.75 Å². The van der Waals surface area contributed by atoms with Crippen LogP contribution in [0.2, 0.25) is 0 Å². The SMILES string of the molecule is CCOc1cc(C=Nn2c(C3CCCCC3)nc3ccc(Br)cc3c2=O)cc([N+](=O)[O-])c1OC. The lowest BCUT2D eigenvalue weighted by molar-refractivity contribution is -0.385. The van der Waals surface area contributed by atoms with E-state index < -0.39 is 4.92 Å². The third-order valence-corrected chi connectivity index (χ3v) is 6.38. The van der Waals surface area contributed by atoms with Crippen LogP contribution >= 0.6 is 15.9 Å². The number of methoxy groups -OCH3 is 1. The van der Waals surface area contributed by atoms with Gasteiger partial charge in [-0.25, -0.2) is 4.98 Å². The van der Waals surface area contributed by atoms with Crippen molar-refractivity contribution in [3.63, 3.8) is 0 Å². The van der Waals surface area contributed by atoms with Crippen molar-refractivity contribution in [2.24, 2.45) is 5.10 Å². The second-order valence-corrected chi connectivity index (χ2v) is 9.01. The molecule has 0 bridgehead atoms.